The topological polar surface area (TPSA) is 35.5 Å². The third-order valence-electron chi connectivity index (χ3n) is 4.77. The lowest BCUT2D eigenvalue weighted by atomic mass is 10.0. The van der Waals surface area contributed by atoms with Crippen LogP contribution in [0.5, 0.6) is 5.75 Å². The van der Waals surface area contributed by atoms with Crippen LogP contribution in [0.4, 0.5) is 0 Å². The molecule has 0 N–H and O–H groups in total. The fourth-order valence-corrected chi connectivity index (χ4v) is 3.29. The van der Waals surface area contributed by atoms with Crippen molar-refractivity contribution >= 4 is 17.4 Å². The second-order valence-electron chi connectivity index (χ2n) is 6.82. The highest BCUT2D eigenvalue weighted by atomic mass is 35.5. The number of halogens is 1. The zero-order valence-electron chi connectivity index (χ0n) is 16.5. The molecule has 3 nitrogen and oxygen atoms in total. The van der Waals surface area contributed by atoms with E-state index in [4.69, 9.17) is 21.1 Å². The minimum absolute atomic E-state index is 0.143. The Hall–Kier alpha value is -2.62. The molecule has 3 aromatic carbocycles. The number of unbranched alkanes of at least 4 members (excludes halogenated alkanes) is 1. The van der Waals surface area contributed by atoms with E-state index in [1.807, 2.05) is 66.7 Å². The molecular weight excluding hydrogens is 384 g/mol. The highest BCUT2D eigenvalue weighted by Gasteiger charge is 2.14. The van der Waals surface area contributed by atoms with Gasteiger partial charge in [0, 0.05) is 23.6 Å². The molecule has 0 bridgehead atoms. The summed E-state index contributed by atoms with van der Waals surface area (Å²) in [7, 11) is 1.61. The third-order valence-corrected chi connectivity index (χ3v) is 5.02. The molecule has 4 heteroatoms. The molecule has 0 radical (unpaired) electrons. The van der Waals surface area contributed by atoms with Gasteiger partial charge < -0.3 is 9.47 Å². The number of benzene rings is 3. The van der Waals surface area contributed by atoms with Gasteiger partial charge in [-0.3, -0.25) is 4.79 Å². The Balaban J connectivity index is 1.52. The van der Waals surface area contributed by atoms with Crippen molar-refractivity contribution in [1.29, 1.82) is 0 Å². The summed E-state index contributed by atoms with van der Waals surface area (Å²) >= 11 is 6.03. The van der Waals surface area contributed by atoms with Crippen LogP contribution in [-0.4, -0.2) is 19.5 Å². The minimum Gasteiger partial charge on any atom is -0.497 e. The molecule has 29 heavy (non-hydrogen) atoms. The summed E-state index contributed by atoms with van der Waals surface area (Å²) in [4.78, 5) is 12.3. The number of Topliss-reactive ketones (excluding diaryl/α,β-unsaturated/α-hetero) is 1. The van der Waals surface area contributed by atoms with E-state index in [2.05, 4.69) is 12.1 Å². The molecule has 0 amide bonds. The third kappa shape index (κ3) is 6.18. The highest BCUT2D eigenvalue weighted by Crippen LogP contribution is 2.27. The van der Waals surface area contributed by atoms with Crippen molar-refractivity contribution in [2.75, 3.05) is 13.7 Å². The fraction of sp³-hybridized carbons (Fsp3) is 0.240. The van der Waals surface area contributed by atoms with Crippen LogP contribution in [0, 0.1) is 0 Å². The Morgan fingerprint density at radius 3 is 2.17 bits per heavy atom. The van der Waals surface area contributed by atoms with Crippen LogP contribution in [0.1, 0.15) is 46.9 Å². The van der Waals surface area contributed by atoms with E-state index in [-0.39, 0.29) is 11.9 Å². The van der Waals surface area contributed by atoms with Gasteiger partial charge in [0.15, 0.2) is 5.78 Å². The van der Waals surface area contributed by atoms with E-state index in [9.17, 15) is 4.79 Å². The maximum absolute atomic E-state index is 12.3. The second kappa shape index (κ2) is 10.8. The first-order valence-electron chi connectivity index (χ1n) is 9.76. The maximum atomic E-state index is 12.3. The Kier molecular flexibility index (Phi) is 7.85. The number of hydrogen-bond acceptors (Lipinski definition) is 3. The van der Waals surface area contributed by atoms with Gasteiger partial charge in [-0.15, -0.1) is 0 Å². The molecule has 0 aromatic heterocycles. The van der Waals surface area contributed by atoms with Crippen LogP contribution in [-0.2, 0) is 4.74 Å². The largest absolute Gasteiger partial charge is 0.497 e. The molecular formula is C25H25ClO3. The van der Waals surface area contributed by atoms with E-state index in [0.717, 1.165) is 35.3 Å². The summed E-state index contributed by atoms with van der Waals surface area (Å²) in [5, 5.41) is 0.706. The van der Waals surface area contributed by atoms with E-state index >= 15 is 0 Å². The smallest absolute Gasteiger partial charge is 0.162 e. The van der Waals surface area contributed by atoms with Crippen LogP contribution in [0.25, 0.3) is 0 Å². The predicted octanol–water partition coefficient (Wildman–Crippen LogP) is 6.51. The SMILES string of the molecule is COc1ccc(C(=O)CCCCOC(c2ccccc2)c2ccc(Cl)cc2)cc1. The lowest BCUT2D eigenvalue weighted by Crippen LogP contribution is -2.08. The van der Waals surface area contributed by atoms with Crippen LogP contribution >= 0.6 is 11.6 Å². The van der Waals surface area contributed by atoms with Gasteiger partial charge in [0.2, 0.25) is 0 Å². The van der Waals surface area contributed by atoms with Crippen LogP contribution in [0.2, 0.25) is 5.02 Å². The molecule has 0 spiro atoms. The fourth-order valence-electron chi connectivity index (χ4n) is 3.16. The zero-order valence-corrected chi connectivity index (χ0v) is 17.3. The van der Waals surface area contributed by atoms with Crippen molar-refractivity contribution in [1.82, 2.24) is 0 Å². The summed E-state index contributed by atoms with van der Waals surface area (Å²) in [6.07, 6.45) is 1.96. The van der Waals surface area contributed by atoms with Gasteiger partial charge in [0.25, 0.3) is 0 Å². The molecule has 0 saturated heterocycles. The maximum Gasteiger partial charge on any atom is 0.162 e. The van der Waals surface area contributed by atoms with Gasteiger partial charge in [0.05, 0.1) is 7.11 Å². The Morgan fingerprint density at radius 1 is 0.862 bits per heavy atom. The Labute approximate surface area is 177 Å². The van der Waals surface area contributed by atoms with Crippen molar-refractivity contribution in [3.8, 4) is 5.75 Å². The quantitative estimate of drug-likeness (QED) is 0.283. The van der Waals surface area contributed by atoms with Gasteiger partial charge in [-0.2, -0.15) is 0 Å². The van der Waals surface area contributed by atoms with Crippen molar-refractivity contribution in [3.63, 3.8) is 0 Å². The number of carbonyl (C=O) groups is 1. The van der Waals surface area contributed by atoms with Gasteiger partial charge in [-0.1, -0.05) is 54.1 Å². The number of carbonyl (C=O) groups excluding carboxylic acids is 1. The Bertz CT molecular complexity index is 890. The molecule has 3 aromatic rings. The van der Waals surface area contributed by atoms with Gasteiger partial charge >= 0.3 is 0 Å². The number of hydrogen-bond donors (Lipinski definition) is 0. The van der Waals surface area contributed by atoms with E-state index in [1.165, 1.54) is 0 Å². The molecule has 0 aliphatic carbocycles. The molecule has 0 fully saturated rings. The summed E-state index contributed by atoms with van der Waals surface area (Å²) in [6.45, 7) is 0.581. The monoisotopic (exact) mass is 408 g/mol. The molecule has 1 unspecified atom stereocenters. The van der Waals surface area contributed by atoms with E-state index < -0.39 is 0 Å². The molecule has 3 rings (SSSR count). The first kappa shape index (κ1) is 21.1. The number of methoxy groups -OCH3 is 1. The first-order chi connectivity index (χ1) is 14.2. The van der Waals surface area contributed by atoms with Crippen LogP contribution < -0.4 is 4.74 Å². The number of rotatable bonds is 10. The summed E-state index contributed by atoms with van der Waals surface area (Å²) in [5.41, 5.74) is 2.88. The average Bonchev–Trinajstić information content (AvgIpc) is 2.77. The lowest BCUT2D eigenvalue weighted by molar-refractivity contribution is 0.0758. The molecule has 0 aliphatic heterocycles. The molecule has 0 heterocycles. The first-order valence-corrected chi connectivity index (χ1v) is 10.1. The normalized spacial score (nSPS) is 11.8. The average molecular weight is 409 g/mol. The molecule has 0 saturated carbocycles. The van der Waals surface area contributed by atoms with Crippen LogP contribution in [0.3, 0.4) is 0 Å². The minimum atomic E-state index is -0.147. The summed E-state index contributed by atoms with van der Waals surface area (Å²) in [5.74, 6) is 0.897. The molecule has 1 atom stereocenters. The van der Waals surface area contributed by atoms with Gasteiger partial charge in [-0.25, -0.2) is 0 Å². The number of ether oxygens (including phenoxy) is 2. The summed E-state index contributed by atoms with van der Waals surface area (Å²) < 4.78 is 11.3. The lowest BCUT2D eigenvalue weighted by Gasteiger charge is -2.19. The molecule has 0 aliphatic rings. The van der Waals surface area contributed by atoms with Crippen LogP contribution in [0.15, 0.2) is 78.9 Å². The van der Waals surface area contributed by atoms with Gasteiger partial charge in [-0.05, 0) is 60.4 Å². The highest BCUT2D eigenvalue weighted by molar-refractivity contribution is 6.30. The molecule has 150 valence electrons. The summed E-state index contributed by atoms with van der Waals surface area (Å²) in [6, 6.07) is 25.1. The van der Waals surface area contributed by atoms with E-state index in [0.29, 0.717) is 18.1 Å². The Morgan fingerprint density at radius 2 is 1.52 bits per heavy atom. The van der Waals surface area contributed by atoms with Gasteiger partial charge in [0.1, 0.15) is 11.9 Å². The van der Waals surface area contributed by atoms with Crippen molar-refractivity contribution < 1.29 is 14.3 Å². The number of ketones is 1. The second-order valence-corrected chi connectivity index (χ2v) is 7.26. The van der Waals surface area contributed by atoms with Crippen molar-refractivity contribution in [2.45, 2.75) is 25.4 Å². The van der Waals surface area contributed by atoms with Crippen molar-refractivity contribution in [2.24, 2.45) is 0 Å². The predicted molar refractivity (Wildman–Crippen MR) is 117 cm³/mol. The van der Waals surface area contributed by atoms with Crippen molar-refractivity contribution in [3.05, 3.63) is 101 Å². The zero-order chi connectivity index (χ0) is 20.5. The van der Waals surface area contributed by atoms with E-state index in [1.54, 1.807) is 7.11 Å². The standard InChI is InChI=1S/C25H25ClO3/c1-28-23-16-12-19(13-17-23)24(27)9-5-6-18-29-25(20-7-3-2-4-8-20)21-10-14-22(26)15-11-21/h2-4,7-8,10-17,25H,5-6,9,18H2,1H3.